The van der Waals surface area contributed by atoms with Gasteiger partial charge in [-0.05, 0) is 30.5 Å². The van der Waals surface area contributed by atoms with Crippen LogP contribution >= 0.6 is 0 Å². The zero-order valence-corrected chi connectivity index (χ0v) is 8.11. The Hall–Kier alpha value is -1.63. The van der Waals surface area contributed by atoms with Crippen LogP contribution in [0.2, 0.25) is 0 Å². The molecule has 2 rings (SSSR count). The van der Waals surface area contributed by atoms with Crippen LogP contribution in [0.4, 0.5) is 0 Å². The molecule has 1 heterocycles. The van der Waals surface area contributed by atoms with Gasteiger partial charge in [-0.2, -0.15) is 0 Å². The predicted molar refractivity (Wildman–Crippen MR) is 60.3 cm³/mol. The van der Waals surface area contributed by atoms with Crippen LogP contribution in [0.1, 0.15) is 12.0 Å². The molecule has 0 radical (unpaired) electrons. The predicted octanol–water partition coefficient (Wildman–Crippen LogP) is 3.35. The van der Waals surface area contributed by atoms with E-state index in [1.807, 2.05) is 24.4 Å². The molecule has 0 saturated heterocycles. The van der Waals surface area contributed by atoms with E-state index in [0.29, 0.717) is 0 Å². The maximum atomic E-state index is 4.32. The van der Waals surface area contributed by atoms with Crippen molar-refractivity contribution in [2.45, 2.75) is 12.8 Å². The van der Waals surface area contributed by atoms with Crippen LogP contribution < -0.4 is 0 Å². The number of rotatable bonds is 3. The van der Waals surface area contributed by atoms with Gasteiger partial charge in [0, 0.05) is 11.6 Å². The molecular weight excluding hydrogens is 170 g/mol. The monoisotopic (exact) mass is 183 g/mol. The van der Waals surface area contributed by atoms with Crippen LogP contribution in [0.3, 0.4) is 0 Å². The van der Waals surface area contributed by atoms with Crippen molar-refractivity contribution in [3.63, 3.8) is 0 Å². The standard InChI is InChI=1S/C13H13N/c1-2-3-6-11-9-10-14-13-8-5-4-7-12(11)13/h2,4-5,7-10H,1,3,6H2. The third kappa shape index (κ3) is 1.67. The van der Waals surface area contributed by atoms with E-state index in [2.05, 4.69) is 29.8 Å². The molecule has 0 bridgehead atoms. The van der Waals surface area contributed by atoms with E-state index in [-0.39, 0.29) is 0 Å². The first-order chi connectivity index (χ1) is 6.92. The number of fused-ring (bicyclic) bond motifs is 1. The van der Waals surface area contributed by atoms with E-state index in [0.717, 1.165) is 18.4 Å². The van der Waals surface area contributed by atoms with E-state index in [4.69, 9.17) is 0 Å². The van der Waals surface area contributed by atoms with Crippen LogP contribution in [-0.2, 0) is 6.42 Å². The molecule has 0 N–H and O–H groups in total. The maximum Gasteiger partial charge on any atom is 0.0704 e. The van der Waals surface area contributed by atoms with E-state index in [9.17, 15) is 0 Å². The second-order valence-electron chi connectivity index (χ2n) is 3.31. The first-order valence-corrected chi connectivity index (χ1v) is 4.85. The molecule has 1 heteroatoms. The Bertz CT molecular complexity index is 440. The molecule has 0 aliphatic carbocycles. The zero-order chi connectivity index (χ0) is 9.80. The van der Waals surface area contributed by atoms with Crippen molar-refractivity contribution < 1.29 is 0 Å². The average Bonchev–Trinajstić information content (AvgIpc) is 2.26. The highest BCUT2D eigenvalue weighted by Gasteiger charge is 1.99. The Labute approximate surface area is 84.1 Å². The minimum Gasteiger partial charge on any atom is -0.256 e. The number of aromatic nitrogens is 1. The Kier molecular flexibility index (Phi) is 2.59. The van der Waals surface area contributed by atoms with Crippen LogP contribution in [0.25, 0.3) is 10.9 Å². The number of pyridine rings is 1. The second kappa shape index (κ2) is 4.05. The first kappa shape index (κ1) is 8.95. The minimum absolute atomic E-state index is 1.02. The Balaban J connectivity index is 2.48. The van der Waals surface area contributed by atoms with Crippen molar-refractivity contribution in [2.75, 3.05) is 0 Å². The van der Waals surface area contributed by atoms with Gasteiger partial charge in [-0.25, -0.2) is 0 Å². The van der Waals surface area contributed by atoms with Crippen molar-refractivity contribution in [2.24, 2.45) is 0 Å². The summed E-state index contributed by atoms with van der Waals surface area (Å²) in [6, 6.07) is 10.3. The van der Waals surface area contributed by atoms with Crippen LogP contribution in [0.5, 0.6) is 0 Å². The lowest BCUT2D eigenvalue weighted by molar-refractivity contribution is 1.01. The lowest BCUT2D eigenvalue weighted by atomic mass is 10.1. The highest BCUT2D eigenvalue weighted by molar-refractivity contribution is 5.81. The highest BCUT2D eigenvalue weighted by Crippen LogP contribution is 2.17. The van der Waals surface area contributed by atoms with Crippen molar-refractivity contribution in [3.05, 3.63) is 54.7 Å². The zero-order valence-electron chi connectivity index (χ0n) is 8.11. The molecule has 0 aliphatic heterocycles. The number of para-hydroxylation sites is 1. The molecular formula is C13H13N. The molecule has 0 spiro atoms. The molecule has 0 amide bonds. The number of allylic oxidation sites excluding steroid dienone is 1. The second-order valence-corrected chi connectivity index (χ2v) is 3.31. The van der Waals surface area contributed by atoms with Crippen LogP contribution in [0.15, 0.2) is 49.2 Å². The third-order valence-corrected chi connectivity index (χ3v) is 2.36. The summed E-state index contributed by atoms with van der Waals surface area (Å²) in [6.45, 7) is 3.74. The SMILES string of the molecule is C=CCCc1ccnc2ccccc12. The Morgan fingerprint density at radius 3 is 2.93 bits per heavy atom. The van der Waals surface area contributed by atoms with Crippen LogP contribution in [0, 0.1) is 0 Å². The molecule has 70 valence electrons. The first-order valence-electron chi connectivity index (χ1n) is 4.85. The Morgan fingerprint density at radius 2 is 2.07 bits per heavy atom. The molecule has 1 nitrogen and oxygen atoms in total. The smallest absolute Gasteiger partial charge is 0.0704 e. The topological polar surface area (TPSA) is 12.9 Å². The van der Waals surface area contributed by atoms with Gasteiger partial charge in [0.05, 0.1) is 5.52 Å². The lowest BCUT2D eigenvalue weighted by Crippen LogP contribution is -1.87. The lowest BCUT2D eigenvalue weighted by Gasteiger charge is -2.03. The van der Waals surface area contributed by atoms with E-state index < -0.39 is 0 Å². The van der Waals surface area contributed by atoms with Crippen LogP contribution in [-0.4, -0.2) is 4.98 Å². The molecule has 0 aliphatic rings. The average molecular weight is 183 g/mol. The molecule has 0 unspecified atom stereocenters. The van der Waals surface area contributed by atoms with Gasteiger partial charge < -0.3 is 0 Å². The highest BCUT2D eigenvalue weighted by atomic mass is 14.6. The quantitative estimate of drug-likeness (QED) is 0.665. The minimum atomic E-state index is 1.02. The normalized spacial score (nSPS) is 10.3. The summed E-state index contributed by atoms with van der Waals surface area (Å²) >= 11 is 0. The maximum absolute atomic E-state index is 4.32. The Morgan fingerprint density at radius 1 is 1.21 bits per heavy atom. The molecule has 1 aromatic carbocycles. The summed E-state index contributed by atoms with van der Waals surface area (Å²) in [6.07, 6.45) is 5.90. The van der Waals surface area contributed by atoms with Gasteiger partial charge in [0.15, 0.2) is 0 Å². The third-order valence-electron chi connectivity index (χ3n) is 2.36. The van der Waals surface area contributed by atoms with E-state index >= 15 is 0 Å². The van der Waals surface area contributed by atoms with Gasteiger partial charge in [0.2, 0.25) is 0 Å². The molecule has 0 fully saturated rings. The molecule has 2 aromatic rings. The van der Waals surface area contributed by atoms with Crippen molar-refractivity contribution in [1.82, 2.24) is 4.98 Å². The van der Waals surface area contributed by atoms with Gasteiger partial charge >= 0.3 is 0 Å². The van der Waals surface area contributed by atoms with Gasteiger partial charge in [-0.3, -0.25) is 4.98 Å². The summed E-state index contributed by atoms with van der Waals surface area (Å²) in [5, 5.41) is 1.26. The van der Waals surface area contributed by atoms with Gasteiger partial charge in [-0.1, -0.05) is 24.3 Å². The van der Waals surface area contributed by atoms with Crippen molar-refractivity contribution >= 4 is 10.9 Å². The number of aryl methyl sites for hydroxylation is 1. The fourth-order valence-electron chi connectivity index (χ4n) is 1.63. The fourth-order valence-corrected chi connectivity index (χ4v) is 1.63. The van der Waals surface area contributed by atoms with E-state index in [1.165, 1.54) is 10.9 Å². The number of benzene rings is 1. The van der Waals surface area contributed by atoms with Gasteiger partial charge in [0.1, 0.15) is 0 Å². The van der Waals surface area contributed by atoms with Gasteiger partial charge in [-0.15, -0.1) is 6.58 Å². The summed E-state index contributed by atoms with van der Waals surface area (Å²) in [5.41, 5.74) is 2.43. The van der Waals surface area contributed by atoms with Crippen molar-refractivity contribution in [1.29, 1.82) is 0 Å². The molecule has 0 saturated carbocycles. The number of hydrogen-bond acceptors (Lipinski definition) is 1. The molecule has 1 aromatic heterocycles. The molecule has 0 atom stereocenters. The summed E-state index contributed by atoms with van der Waals surface area (Å²) < 4.78 is 0. The number of nitrogens with zero attached hydrogens (tertiary/aromatic N) is 1. The summed E-state index contributed by atoms with van der Waals surface area (Å²) in [7, 11) is 0. The molecule has 14 heavy (non-hydrogen) atoms. The fraction of sp³-hybridized carbons (Fsp3) is 0.154. The van der Waals surface area contributed by atoms with Crippen molar-refractivity contribution in [3.8, 4) is 0 Å². The summed E-state index contributed by atoms with van der Waals surface area (Å²) in [4.78, 5) is 4.32. The van der Waals surface area contributed by atoms with E-state index in [1.54, 1.807) is 0 Å². The number of hydrogen-bond donors (Lipinski definition) is 0. The summed E-state index contributed by atoms with van der Waals surface area (Å²) in [5.74, 6) is 0. The van der Waals surface area contributed by atoms with Gasteiger partial charge in [0.25, 0.3) is 0 Å². The largest absolute Gasteiger partial charge is 0.256 e.